The Labute approximate surface area is 128 Å². The molecule has 7 nitrogen and oxygen atoms in total. The average Bonchev–Trinajstić information content (AvgIpc) is 2.55. The van der Waals surface area contributed by atoms with Crippen molar-refractivity contribution >= 4 is 17.4 Å². The topological polar surface area (TPSA) is 95.0 Å². The third-order valence-corrected chi connectivity index (χ3v) is 3.64. The predicted molar refractivity (Wildman–Crippen MR) is 83.4 cm³/mol. The number of benzene rings is 1. The summed E-state index contributed by atoms with van der Waals surface area (Å²) in [5.74, 6) is -0.110. The maximum absolute atomic E-state index is 11.1. The molecule has 0 spiro atoms. The van der Waals surface area contributed by atoms with Gasteiger partial charge in [-0.15, -0.1) is 0 Å². The molecule has 0 amide bonds. The van der Waals surface area contributed by atoms with Crippen molar-refractivity contribution in [1.29, 1.82) is 0 Å². The Morgan fingerprint density at radius 3 is 2.82 bits per heavy atom. The number of methoxy groups -OCH3 is 1. The number of nitrogens with zero attached hydrogens (tertiary/aromatic N) is 1. The van der Waals surface area contributed by atoms with Crippen molar-refractivity contribution in [3.63, 3.8) is 0 Å². The Morgan fingerprint density at radius 2 is 2.14 bits per heavy atom. The lowest BCUT2D eigenvalue weighted by Crippen LogP contribution is -2.47. The molecule has 1 aromatic rings. The highest BCUT2D eigenvalue weighted by atomic mass is 16.5. The van der Waals surface area contributed by atoms with E-state index in [9.17, 15) is 4.79 Å². The molecule has 2 heterocycles. The summed E-state index contributed by atoms with van der Waals surface area (Å²) in [5.41, 5.74) is 3.54. The molecule has 3 rings (SSSR count). The van der Waals surface area contributed by atoms with Crippen LogP contribution in [0, 0.1) is 0 Å². The number of hydrogen-bond acceptors (Lipinski definition) is 6. The van der Waals surface area contributed by atoms with Crippen LogP contribution in [-0.2, 0) is 4.79 Å². The summed E-state index contributed by atoms with van der Waals surface area (Å²) >= 11 is 0. The molecule has 0 saturated carbocycles. The second kappa shape index (κ2) is 6.07. The Kier molecular flexibility index (Phi) is 3.97. The van der Waals surface area contributed by atoms with E-state index in [0.29, 0.717) is 19.6 Å². The number of ether oxygens (including phenoxy) is 1. The second-order valence-corrected chi connectivity index (χ2v) is 5.12. The molecular weight excluding hydrogens is 284 g/mol. The van der Waals surface area contributed by atoms with Crippen molar-refractivity contribution in [3.8, 4) is 5.75 Å². The highest BCUT2D eigenvalue weighted by Crippen LogP contribution is 2.19. The third kappa shape index (κ3) is 2.89. The minimum atomic E-state index is -0.908. The first-order chi connectivity index (χ1) is 10.7. The van der Waals surface area contributed by atoms with Gasteiger partial charge in [0.25, 0.3) is 0 Å². The lowest BCUT2D eigenvalue weighted by atomic mass is 10.1. The Hall–Kier alpha value is -2.54. The molecule has 0 fully saturated rings. The van der Waals surface area contributed by atoms with Crippen LogP contribution < -0.4 is 20.7 Å². The summed E-state index contributed by atoms with van der Waals surface area (Å²) in [4.78, 5) is 15.3. The molecule has 1 aromatic carbocycles. The van der Waals surface area contributed by atoms with Gasteiger partial charge in [-0.3, -0.25) is 4.99 Å². The van der Waals surface area contributed by atoms with E-state index in [1.54, 1.807) is 7.11 Å². The summed E-state index contributed by atoms with van der Waals surface area (Å²) in [6, 6.07) is 6.91. The molecule has 116 valence electrons. The number of aliphatic imine (C=N–C) groups is 1. The van der Waals surface area contributed by atoms with E-state index in [2.05, 4.69) is 20.9 Å². The number of hydrogen-bond donors (Lipinski definition) is 4. The maximum Gasteiger partial charge on any atom is 0.330 e. The highest BCUT2D eigenvalue weighted by Gasteiger charge is 2.28. The number of carboxylic acids is 1. The Morgan fingerprint density at radius 1 is 1.36 bits per heavy atom. The summed E-state index contributed by atoms with van der Waals surface area (Å²) in [7, 11) is 1.63. The first-order valence-electron chi connectivity index (χ1n) is 7.06. The van der Waals surface area contributed by atoms with Crippen LogP contribution in [0.1, 0.15) is 0 Å². The highest BCUT2D eigenvalue weighted by molar-refractivity contribution is 6.05. The van der Waals surface area contributed by atoms with Gasteiger partial charge in [0.1, 0.15) is 5.75 Å². The number of fused-ring (bicyclic) bond motifs is 1. The van der Waals surface area contributed by atoms with Crippen LogP contribution in [0.15, 0.2) is 40.7 Å². The lowest BCUT2D eigenvalue weighted by molar-refractivity contribution is -0.138. The Bertz CT molecular complexity index is 637. The number of rotatable bonds is 4. The normalized spacial score (nSPS) is 20.6. The van der Waals surface area contributed by atoms with Crippen molar-refractivity contribution in [2.75, 3.05) is 32.1 Å². The third-order valence-electron chi connectivity index (χ3n) is 3.64. The first-order valence-corrected chi connectivity index (χ1v) is 7.06. The van der Waals surface area contributed by atoms with Gasteiger partial charge in [0.15, 0.2) is 6.04 Å². The SMILES string of the molecule is COc1ccc(NC2=C3NCC(C(=O)O)N=C3CNC2)cc1. The number of aliphatic carboxylic acids is 1. The number of anilines is 1. The Balaban J connectivity index is 1.83. The molecule has 2 aliphatic heterocycles. The summed E-state index contributed by atoms with van der Waals surface area (Å²) in [5, 5.41) is 18.8. The van der Waals surface area contributed by atoms with Crippen LogP contribution in [0.2, 0.25) is 0 Å². The quantitative estimate of drug-likeness (QED) is 0.644. The molecule has 22 heavy (non-hydrogen) atoms. The van der Waals surface area contributed by atoms with Crippen molar-refractivity contribution in [3.05, 3.63) is 35.7 Å². The predicted octanol–water partition coefficient (Wildman–Crippen LogP) is 0.419. The monoisotopic (exact) mass is 302 g/mol. The van der Waals surface area contributed by atoms with E-state index < -0.39 is 12.0 Å². The second-order valence-electron chi connectivity index (χ2n) is 5.12. The first kappa shape index (κ1) is 14.4. The van der Waals surface area contributed by atoms with Gasteiger partial charge >= 0.3 is 5.97 Å². The molecule has 1 unspecified atom stereocenters. The van der Waals surface area contributed by atoms with Crippen LogP contribution in [0.25, 0.3) is 0 Å². The fourth-order valence-electron chi connectivity index (χ4n) is 2.51. The zero-order valence-corrected chi connectivity index (χ0v) is 12.2. The van der Waals surface area contributed by atoms with Gasteiger partial charge in [-0.25, -0.2) is 4.79 Å². The molecule has 7 heteroatoms. The van der Waals surface area contributed by atoms with E-state index in [1.807, 2.05) is 24.3 Å². The van der Waals surface area contributed by atoms with Gasteiger partial charge in [-0.05, 0) is 24.3 Å². The van der Waals surface area contributed by atoms with E-state index in [-0.39, 0.29) is 0 Å². The molecule has 4 N–H and O–H groups in total. The largest absolute Gasteiger partial charge is 0.497 e. The molecular formula is C15H18N4O3. The van der Waals surface area contributed by atoms with Crippen molar-refractivity contribution < 1.29 is 14.6 Å². The average molecular weight is 302 g/mol. The molecule has 0 saturated heterocycles. The minimum absolute atomic E-state index is 0.307. The van der Waals surface area contributed by atoms with Gasteiger partial charge in [0.05, 0.1) is 24.2 Å². The van der Waals surface area contributed by atoms with Gasteiger partial charge in [0, 0.05) is 25.3 Å². The number of carbonyl (C=O) groups is 1. The fraction of sp³-hybridized carbons (Fsp3) is 0.333. The summed E-state index contributed by atoms with van der Waals surface area (Å²) in [6.07, 6.45) is 0. The van der Waals surface area contributed by atoms with Crippen LogP contribution in [0.3, 0.4) is 0 Å². The van der Waals surface area contributed by atoms with Crippen LogP contribution in [0.5, 0.6) is 5.75 Å². The number of carboxylic acid groups (broad SMARTS) is 1. The molecule has 0 aromatic heterocycles. The van der Waals surface area contributed by atoms with Crippen LogP contribution in [0.4, 0.5) is 5.69 Å². The van der Waals surface area contributed by atoms with Gasteiger partial charge in [-0.1, -0.05) is 0 Å². The van der Waals surface area contributed by atoms with E-state index in [4.69, 9.17) is 9.84 Å². The summed E-state index contributed by atoms with van der Waals surface area (Å²) < 4.78 is 5.14. The number of nitrogens with one attached hydrogen (secondary N) is 3. The lowest BCUT2D eigenvalue weighted by Gasteiger charge is -2.29. The smallest absolute Gasteiger partial charge is 0.330 e. The van der Waals surface area contributed by atoms with E-state index >= 15 is 0 Å². The molecule has 0 radical (unpaired) electrons. The zero-order valence-electron chi connectivity index (χ0n) is 12.2. The van der Waals surface area contributed by atoms with E-state index in [1.165, 1.54) is 0 Å². The van der Waals surface area contributed by atoms with Crippen LogP contribution >= 0.6 is 0 Å². The van der Waals surface area contributed by atoms with Gasteiger partial charge < -0.3 is 25.8 Å². The van der Waals surface area contributed by atoms with Gasteiger partial charge in [0.2, 0.25) is 0 Å². The fourth-order valence-corrected chi connectivity index (χ4v) is 2.51. The summed E-state index contributed by atoms with van der Waals surface area (Å²) in [6.45, 7) is 1.55. The van der Waals surface area contributed by atoms with Crippen LogP contribution in [-0.4, -0.2) is 49.6 Å². The zero-order chi connectivity index (χ0) is 15.5. The van der Waals surface area contributed by atoms with Crippen molar-refractivity contribution in [1.82, 2.24) is 10.6 Å². The molecule has 0 bridgehead atoms. The van der Waals surface area contributed by atoms with Crippen molar-refractivity contribution in [2.24, 2.45) is 4.99 Å². The molecule has 2 aliphatic rings. The maximum atomic E-state index is 11.1. The molecule has 1 atom stereocenters. The standard InChI is InChI=1S/C15H18N4O3/c1-22-10-4-2-9(3-5-10)18-11-6-16-7-12-14(11)17-8-13(19-12)15(20)21/h2-5,13,16-18H,6-8H2,1H3,(H,20,21). The van der Waals surface area contributed by atoms with E-state index in [0.717, 1.165) is 28.5 Å². The molecule has 0 aliphatic carbocycles. The minimum Gasteiger partial charge on any atom is -0.497 e. The van der Waals surface area contributed by atoms with Crippen molar-refractivity contribution in [2.45, 2.75) is 6.04 Å². The van der Waals surface area contributed by atoms with Gasteiger partial charge in [-0.2, -0.15) is 0 Å².